The van der Waals surface area contributed by atoms with Gasteiger partial charge in [-0.1, -0.05) is 27.7 Å². The molecular weight excluding hydrogens is 256 g/mol. The van der Waals surface area contributed by atoms with Gasteiger partial charge in [-0.2, -0.15) is 0 Å². The van der Waals surface area contributed by atoms with Crippen LogP contribution >= 0.6 is 0 Å². The average Bonchev–Trinajstić information content (AvgIpc) is 2.12. The fourth-order valence-electron chi connectivity index (χ4n) is 3.79. The average molecular weight is 286 g/mol. The van der Waals surface area contributed by atoms with Gasteiger partial charge in [0.2, 0.25) is 0 Å². The predicted octanol–water partition coefficient (Wildman–Crippen LogP) is 3.90. The molecule has 2 atom stereocenters. The SMILES string of the molecule is CC(CC(C)(C)C(=O)O)C(C(C)(C)C)C(C)(C)C(=O)O. The van der Waals surface area contributed by atoms with Crippen molar-refractivity contribution in [1.82, 2.24) is 0 Å². The quantitative estimate of drug-likeness (QED) is 0.776. The van der Waals surface area contributed by atoms with E-state index in [0.29, 0.717) is 6.42 Å². The van der Waals surface area contributed by atoms with Crippen LogP contribution in [0, 0.1) is 28.1 Å². The fraction of sp³-hybridized carbons (Fsp3) is 0.875. The normalized spacial score (nSPS) is 16.6. The summed E-state index contributed by atoms with van der Waals surface area (Å²) in [7, 11) is 0. The van der Waals surface area contributed by atoms with E-state index in [1.165, 1.54) is 0 Å². The molecule has 0 spiro atoms. The van der Waals surface area contributed by atoms with Gasteiger partial charge in [0.25, 0.3) is 0 Å². The highest BCUT2D eigenvalue weighted by molar-refractivity contribution is 5.75. The van der Waals surface area contributed by atoms with Crippen LogP contribution in [-0.2, 0) is 9.59 Å². The van der Waals surface area contributed by atoms with Gasteiger partial charge in [0, 0.05) is 0 Å². The van der Waals surface area contributed by atoms with Crippen molar-refractivity contribution in [3.05, 3.63) is 0 Å². The lowest BCUT2D eigenvalue weighted by molar-refractivity contribution is -0.156. The molecular formula is C16H30O4. The van der Waals surface area contributed by atoms with Gasteiger partial charge in [0.1, 0.15) is 0 Å². The van der Waals surface area contributed by atoms with Gasteiger partial charge < -0.3 is 10.2 Å². The number of aliphatic carboxylic acids is 2. The lowest BCUT2D eigenvalue weighted by atomic mass is 9.58. The first-order valence-electron chi connectivity index (χ1n) is 7.11. The highest BCUT2D eigenvalue weighted by Gasteiger charge is 2.47. The zero-order chi connectivity index (χ0) is 16.5. The minimum absolute atomic E-state index is 0.00722. The van der Waals surface area contributed by atoms with E-state index in [-0.39, 0.29) is 17.3 Å². The van der Waals surface area contributed by atoms with Crippen LogP contribution in [-0.4, -0.2) is 22.2 Å². The summed E-state index contributed by atoms with van der Waals surface area (Å²) in [5, 5.41) is 18.8. The summed E-state index contributed by atoms with van der Waals surface area (Å²) < 4.78 is 0. The molecule has 0 amide bonds. The van der Waals surface area contributed by atoms with Gasteiger partial charge in [-0.15, -0.1) is 0 Å². The molecule has 4 heteroatoms. The molecule has 0 rings (SSSR count). The van der Waals surface area contributed by atoms with E-state index < -0.39 is 22.8 Å². The van der Waals surface area contributed by atoms with Crippen LogP contribution in [0.3, 0.4) is 0 Å². The molecule has 2 unspecified atom stereocenters. The summed E-state index contributed by atoms with van der Waals surface area (Å²) >= 11 is 0. The Morgan fingerprint density at radius 2 is 1.30 bits per heavy atom. The summed E-state index contributed by atoms with van der Waals surface area (Å²) in [6.07, 6.45) is 0.459. The van der Waals surface area contributed by atoms with E-state index in [1.807, 2.05) is 27.7 Å². The fourth-order valence-corrected chi connectivity index (χ4v) is 3.79. The zero-order valence-electron chi connectivity index (χ0n) is 14.1. The second-order valence-corrected chi connectivity index (χ2v) is 8.24. The summed E-state index contributed by atoms with van der Waals surface area (Å²) in [6, 6.07) is 0. The van der Waals surface area contributed by atoms with Crippen molar-refractivity contribution in [3.63, 3.8) is 0 Å². The molecule has 0 aliphatic rings. The molecule has 118 valence electrons. The highest BCUT2D eigenvalue weighted by Crippen LogP contribution is 2.48. The molecule has 0 fully saturated rings. The summed E-state index contributed by atoms with van der Waals surface area (Å²) in [6.45, 7) is 14.9. The molecule has 0 heterocycles. The Kier molecular flexibility index (Phi) is 5.44. The molecule has 0 aliphatic heterocycles. The first-order valence-corrected chi connectivity index (χ1v) is 7.11. The lowest BCUT2D eigenvalue weighted by Gasteiger charge is -2.45. The summed E-state index contributed by atoms with van der Waals surface area (Å²) in [5.74, 6) is -1.80. The smallest absolute Gasteiger partial charge is 0.309 e. The molecule has 20 heavy (non-hydrogen) atoms. The van der Waals surface area contributed by atoms with Crippen LogP contribution in [0.1, 0.15) is 61.8 Å². The third kappa shape index (κ3) is 4.22. The molecule has 2 N–H and O–H groups in total. The maximum Gasteiger partial charge on any atom is 0.309 e. The standard InChI is InChI=1S/C16H30O4/c1-10(9-15(5,6)12(17)18)11(14(2,3)4)16(7,8)13(19)20/h10-11H,9H2,1-8H3,(H,17,18)(H,19,20). The zero-order valence-corrected chi connectivity index (χ0v) is 14.1. The Balaban J connectivity index is 5.49. The van der Waals surface area contributed by atoms with E-state index in [0.717, 1.165) is 0 Å². The van der Waals surface area contributed by atoms with Crippen LogP contribution in [0.5, 0.6) is 0 Å². The number of hydrogen-bond acceptors (Lipinski definition) is 2. The van der Waals surface area contributed by atoms with Crippen LogP contribution < -0.4 is 0 Å². The van der Waals surface area contributed by atoms with E-state index >= 15 is 0 Å². The number of hydrogen-bond donors (Lipinski definition) is 2. The number of carbonyl (C=O) groups is 2. The maximum absolute atomic E-state index is 11.6. The second kappa shape index (κ2) is 5.74. The van der Waals surface area contributed by atoms with Gasteiger partial charge in [-0.3, -0.25) is 9.59 Å². The van der Waals surface area contributed by atoms with E-state index in [2.05, 4.69) is 0 Å². The van der Waals surface area contributed by atoms with Crippen molar-refractivity contribution in [2.75, 3.05) is 0 Å². The molecule has 0 bridgehead atoms. The Labute approximate surface area is 122 Å². The minimum Gasteiger partial charge on any atom is -0.481 e. The summed E-state index contributed by atoms with van der Waals surface area (Å²) in [4.78, 5) is 22.9. The Morgan fingerprint density at radius 1 is 0.900 bits per heavy atom. The molecule has 0 aromatic carbocycles. The van der Waals surface area contributed by atoms with Crippen molar-refractivity contribution in [3.8, 4) is 0 Å². The van der Waals surface area contributed by atoms with Gasteiger partial charge >= 0.3 is 11.9 Å². The molecule has 0 aromatic heterocycles. The van der Waals surface area contributed by atoms with Gasteiger partial charge in [-0.05, 0) is 51.4 Å². The summed E-state index contributed by atoms with van der Waals surface area (Å²) in [5.41, 5.74) is -1.96. The monoisotopic (exact) mass is 286 g/mol. The molecule has 0 aromatic rings. The van der Waals surface area contributed by atoms with Crippen molar-refractivity contribution < 1.29 is 19.8 Å². The van der Waals surface area contributed by atoms with Crippen LogP contribution in [0.4, 0.5) is 0 Å². The van der Waals surface area contributed by atoms with E-state index in [4.69, 9.17) is 0 Å². The minimum atomic E-state index is -0.897. The third-order valence-corrected chi connectivity index (χ3v) is 4.24. The highest BCUT2D eigenvalue weighted by atomic mass is 16.4. The van der Waals surface area contributed by atoms with Gasteiger partial charge in [0.15, 0.2) is 0 Å². The van der Waals surface area contributed by atoms with Gasteiger partial charge in [-0.25, -0.2) is 0 Å². The van der Waals surface area contributed by atoms with Crippen molar-refractivity contribution >= 4 is 11.9 Å². The molecule has 0 radical (unpaired) electrons. The van der Waals surface area contributed by atoms with Crippen LogP contribution in [0.15, 0.2) is 0 Å². The molecule has 4 nitrogen and oxygen atoms in total. The topological polar surface area (TPSA) is 74.6 Å². The first kappa shape index (κ1) is 18.9. The van der Waals surface area contributed by atoms with E-state index in [1.54, 1.807) is 27.7 Å². The van der Waals surface area contributed by atoms with Crippen LogP contribution in [0.2, 0.25) is 0 Å². The Hall–Kier alpha value is -1.06. The second-order valence-electron chi connectivity index (χ2n) is 8.24. The van der Waals surface area contributed by atoms with Crippen LogP contribution in [0.25, 0.3) is 0 Å². The van der Waals surface area contributed by atoms with Gasteiger partial charge in [0.05, 0.1) is 10.8 Å². The maximum atomic E-state index is 11.6. The van der Waals surface area contributed by atoms with Crippen molar-refractivity contribution in [2.45, 2.75) is 61.8 Å². The number of rotatable bonds is 6. The lowest BCUT2D eigenvalue weighted by Crippen LogP contribution is -2.45. The Morgan fingerprint density at radius 3 is 1.55 bits per heavy atom. The molecule has 0 saturated carbocycles. The first-order chi connectivity index (χ1) is 8.64. The van der Waals surface area contributed by atoms with Crippen molar-refractivity contribution in [1.29, 1.82) is 0 Å². The number of carboxylic acid groups (broad SMARTS) is 2. The van der Waals surface area contributed by atoms with E-state index in [9.17, 15) is 19.8 Å². The van der Waals surface area contributed by atoms with Crippen molar-refractivity contribution in [2.24, 2.45) is 28.1 Å². The number of carboxylic acids is 2. The molecule has 0 saturated heterocycles. The largest absolute Gasteiger partial charge is 0.481 e. The third-order valence-electron chi connectivity index (χ3n) is 4.24. The molecule has 0 aliphatic carbocycles. The Bertz CT molecular complexity index is 374. The predicted molar refractivity (Wildman–Crippen MR) is 79.6 cm³/mol.